The van der Waals surface area contributed by atoms with Crippen LogP contribution < -0.4 is 9.80 Å². The van der Waals surface area contributed by atoms with Gasteiger partial charge in [0, 0.05) is 37.9 Å². The first-order chi connectivity index (χ1) is 14.7. The Morgan fingerprint density at radius 2 is 1.68 bits per heavy atom. The Hall–Kier alpha value is -2.82. The smallest absolute Gasteiger partial charge is 0.341 e. The summed E-state index contributed by atoms with van der Waals surface area (Å²) in [7, 11) is 0. The van der Waals surface area contributed by atoms with Crippen molar-refractivity contribution in [3.63, 3.8) is 0 Å². The van der Waals surface area contributed by atoms with E-state index in [-0.39, 0.29) is 12.2 Å². The molecular weight excluding hydrogens is 468 g/mol. The Kier molecular flexibility index (Phi) is 7.04. The molecule has 3 heterocycles. The highest BCUT2D eigenvalue weighted by Gasteiger charge is 2.37. The molecule has 11 heteroatoms. The highest BCUT2D eigenvalue weighted by molar-refractivity contribution is 9.10. The predicted octanol–water partition coefficient (Wildman–Crippen LogP) is 2.24. The summed E-state index contributed by atoms with van der Waals surface area (Å²) >= 11 is 3.33. The number of hydrogen-bond donors (Lipinski definition) is 0. The number of carbonyl (C=O) groups is 2. The van der Waals surface area contributed by atoms with Gasteiger partial charge in [-0.1, -0.05) is 0 Å². The van der Waals surface area contributed by atoms with Crippen molar-refractivity contribution in [2.24, 2.45) is 0 Å². The summed E-state index contributed by atoms with van der Waals surface area (Å²) in [6.45, 7) is 8.76. The SMILES string of the molecule is CCOC(=O)c1cnc(N2CCN(c3ncc(Br)cn3)CC2C(=O)OC(C)(C)C)nc1. The third-order valence-corrected chi connectivity index (χ3v) is 4.76. The molecule has 1 unspecified atom stereocenters. The number of rotatable bonds is 5. The highest BCUT2D eigenvalue weighted by Crippen LogP contribution is 2.22. The quantitative estimate of drug-likeness (QED) is 0.575. The van der Waals surface area contributed by atoms with E-state index in [1.807, 2.05) is 25.7 Å². The lowest BCUT2D eigenvalue weighted by Crippen LogP contribution is -2.58. The normalized spacial score (nSPS) is 16.7. The predicted molar refractivity (Wildman–Crippen MR) is 117 cm³/mol. The molecule has 0 aliphatic carbocycles. The van der Waals surface area contributed by atoms with Crippen LogP contribution >= 0.6 is 15.9 Å². The van der Waals surface area contributed by atoms with Gasteiger partial charge in [-0.3, -0.25) is 0 Å². The van der Waals surface area contributed by atoms with E-state index >= 15 is 0 Å². The molecule has 0 amide bonds. The van der Waals surface area contributed by atoms with E-state index in [2.05, 4.69) is 35.9 Å². The molecular formula is C20H25BrN6O4. The molecule has 0 aromatic carbocycles. The molecule has 0 bridgehead atoms. The maximum atomic E-state index is 13.0. The van der Waals surface area contributed by atoms with Crippen molar-refractivity contribution in [2.75, 3.05) is 36.0 Å². The average molecular weight is 493 g/mol. The second-order valence-electron chi connectivity index (χ2n) is 7.88. The van der Waals surface area contributed by atoms with Gasteiger partial charge in [0.15, 0.2) is 0 Å². The fourth-order valence-electron chi connectivity index (χ4n) is 3.03. The number of ether oxygens (including phenoxy) is 2. The van der Waals surface area contributed by atoms with Crippen molar-refractivity contribution < 1.29 is 19.1 Å². The lowest BCUT2D eigenvalue weighted by molar-refractivity contribution is -0.156. The molecule has 166 valence electrons. The number of carbonyl (C=O) groups excluding carboxylic acids is 2. The summed E-state index contributed by atoms with van der Waals surface area (Å²) < 4.78 is 11.4. The van der Waals surface area contributed by atoms with Crippen molar-refractivity contribution in [1.82, 2.24) is 19.9 Å². The molecule has 0 saturated carbocycles. The van der Waals surface area contributed by atoms with Crippen LogP contribution in [-0.4, -0.2) is 69.8 Å². The maximum absolute atomic E-state index is 13.0. The van der Waals surface area contributed by atoms with Gasteiger partial charge >= 0.3 is 11.9 Å². The molecule has 1 aliphatic rings. The number of esters is 2. The molecule has 3 rings (SSSR count). The van der Waals surface area contributed by atoms with Gasteiger partial charge < -0.3 is 19.3 Å². The third kappa shape index (κ3) is 5.87. The summed E-state index contributed by atoms with van der Waals surface area (Å²) in [6, 6.07) is -0.673. The van der Waals surface area contributed by atoms with Crippen molar-refractivity contribution in [3.05, 3.63) is 34.8 Å². The fourth-order valence-corrected chi connectivity index (χ4v) is 3.24. The minimum atomic E-state index is -0.673. The van der Waals surface area contributed by atoms with Crippen LogP contribution in [0.4, 0.5) is 11.9 Å². The molecule has 2 aromatic rings. The van der Waals surface area contributed by atoms with Crippen LogP contribution in [0.15, 0.2) is 29.3 Å². The Balaban J connectivity index is 1.84. The first kappa shape index (κ1) is 22.9. The third-order valence-electron chi connectivity index (χ3n) is 4.36. The van der Waals surface area contributed by atoms with Crippen LogP contribution in [0.5, 0.6) is 0 Å². The molecule has 31 heavy (non-hydrogen) atoms. The van der Waals surface area contributed by atoms with Crippen LogP contribution in [0, 0.1) is 0 Å². The van der Waals surface area contributed by atoms with Gasteiger partial charge in [-0.15, -0.1) is 0 Å². The maximum Gasteiger partial charge on any atom is 0.341 e. The molecule has 1 saturated heterocycles. The summed E-state index contributed by atoms with van der Waals surface area (Å²) in [5.74, 6) is -0.0300. The van der Waals surface area contributed by atoms with Gasteiger partial charge in [0.25, 0.3) is 0 Å². The van der Waals surface area contributed by atoms with Crippen LogP contribution in [0.3, 0.4) is 0 Å². The molecule has 1 atom stereocenters. The number of nitrogens with zero attached hydrogens (tertiary/aromatic N) is 6. The zero-order valence-corrected chi connectivity index (χ0v) is 19.5. The zero-order chi connectivity index (χ0) is 22.6. The van der Waals surface area contributed by atoms with Crippen LogP contribution in [0.2, 0.25) is 0 Å². The second kappa shape index (κ2) is 9.54. The Labute approximate surface area is 189 Å². The zero-order valence-electron chi connectivity index (χ0n) is 17.9. The molecule has 1 fully saturated rings. The van der Waals surface area contributed by atoms with Gasteiger partial charge in [0.1, 0.15) is 11.6 Å². The number of hydrogen-bond acceptors (Lipinski definition) is 10. The van der Waals surface area contributed by atoms with Gasteiger partial charge in [0.2, 0.25) is 11.9 Å². The summed E-state index contributed by atoms with van der Waals surface area (Å²) in [5, 5.41) is 0. The molecule has 1 aliphatic heterocycles. The standard InChI is InChI=1S/C20H25BrN6O4/c1-5-30-16(28)13-8-22-19(23-9-13)27-7-6-26(18-24-10-14(21)11-25-18)12-15(27)17(29)31-20(2,3)4/h8-11,15H,5-7,12H2,1-4H3. The molecule has 0 spiro atoms. The summed E-state index contributed by atoms with van der Waals surface area (Å²) in [5.41, 5.74) is -0.394. The van der Waals surface area contributed by atoms with E-state index < -0.39 is 23.6 Å². The first-order valence-corrected chi connectivity index (χ1v) is 10.7. The Bertz CT molecular complexity index is 917. The van der Waals surface area contributed by atoms with Gasteiger partial charge in [-0.25, -0.2) is 29.5 Å². The lowest BCUT2D eigenvalue weighted by atomic mass is 10.1. The van der Waals surface area contributed by atoms with Crippen molar-refractivity contribution >= 4 is 39.8 Å². The number of piperazine rings is 1. The van der Waals surface area contributed by atoms with Gasteiger partial charge in [-0.05, 0) is 43.6 Å². The largest absolute Gasteiger partial charge is 0.462 e. The summed E-state index contributed by atoms with van der Waals surface area (Å²) in [4.78, 5) is 45.8. The monoisotopic (exact) mass is 492 g/mol. The second-order valence-corrected chi connectivity index (χ2v) is 8.80. The minimum absolute atomic E-state index is 0.251. The lowest BCUT2D eigenvalue weighted by Gasteiger charge is -2.40. The van der Waals surface area contributed by atoms with Crippen molar-refractivity contribution in [3.8, 4) is 0 Å². The molecule has 2 aromatic heterocycles. The minimum Gasteiger partial charge on any atom is -0.462 e. The van der Waals surface area contributed by atoms with Crippen LogP contribution in [0.25, 0.3) is 0 Å². The van der Waals surface area contributed by atoms with E-state index in [1.54, 1.807) is 24.2 Å². The van der Waals surface area contributed by atoms with Gasteiger partial charge in [0.05, 0.1) is 23.2 Å². The van der Waals surface area contributed by atoms with Crippen molar-refractivity contribution in [1.29, 1.82) is 0 Å². The fraction of sp³-hybridized carbons (Fsp3) is 0.500. The number of anilines is 2. The number of halogens is 1. The van der Waals surface area contributed by atoms with Crippen LogP contribution in [0.1, 0.15) is 38.1 Å². The molecule has 0 N–H and O–H groups in total. The highest BCUT2D eigenvalue weighted by atomic mass is 79.9. The van der Waals surface area contributed by atoms with E-state index in [1.165, 1.54) is 12.4 Å². The van der Waals surface area contributed by atoms with E-state index in [4.69, 9.17) is 9.47 Å². The van der Waals surface area contributed by atoms with Crippen LogP contribution in [-0.2, 0) is 14.3 Å². The van der Waals surface area contributed by atoms with E-state index in [0.29, 0.717) is 31.5 Å². The van der Waals surface area contributed by atoms with Crippen molar-refractivity contribution in [2.45, 2.75) is 39.3 Å². The summed E-state index contributed by atoms with van der Waals surface area (Å²) in [6.07, 6.45) is 6.12. The van der Waals surface area contributed by atoms with Gasteiger partial charge in [-0.2, -0.15) is 0 Å². The molecule has 0 radical (unpaired) electrons. The Morgan fingerprint density at radius 1 is 1.06 bits per heavy atom. The number of aromatic nitrogens is 4. The van der Waals surface area contributed by atoms with E-state index in [0.717, 1.165) is 4.47 Å². The topological polar surface area (TPSA) is 111 Å². The van der Waals surface area contributed by atoms with E-state index in [9.17, 15) is 9.59 Å². The first-order valence-electron chi connectivity index (χ1n) is 9.89. The molecule has 10 nitrogen and oxygen atoms in total. The Morgan fingerprint density at radius 3 is 2.26 bits per heavy atom. The average Bonchev–Trinajstić information content (AvgIpc) is 2.73.